The molecule has 1 saturated carbocycles. The molecule has 3 heteroatoms. The first kappa shape index (κ1) is 9.36. The van der Waals surface area contributed by atoms with Gasteiger partial charge in [0.05, 0.1) is 0 Å². The molecule has 1 aliphatic rings. The molecule has 1 aliphatic carbocycles. The van der Waals surface area contributed by atoms with Gasteiger partial charge in [0.1, 0.15) is 0 Å². The average Bonchev–Trinajstić information content (AvgIpc) is 2.35. The van der Waals surface area contributed by atoms with Gasteiger partial charge in [0.15, 0.2) is 0 Å². The number of amides is 2. The number of hydrogen-bond donors (Lipinski definition) is 2. The predicted octanol–water partition coefficient (Wildman–Crippen LogP) is 1.35. The van der Waals surface area contributed by atoms with E-state index in [4.69, 9.17) is 0 Å². The number of nitrogens with one attached hydrogen (secondary N) is 2. The van der Waals surface area contributed by atoms with Crippen LogP contribution in [0.4, 0.5) is 4.79 Å². The zero-order chi connectivity index (χ0) is 9.14. The Balaban J connectivity index is 2.44. The molecule has 0 heterocycles. The fraction of sp³-hybridized carbons (Fsp3) is 0.889. The van der Waals surface area contributed by atoms with E-state index in [0.717, 1.165) is 0 Å². The topological polar surface area (TPSA) is 41.1 Å². The molecule has 2 unspecified atom stereocenters. The van der Waals surface area contributed by atoms with E-state index >= 15 is 0 Å². The van der Waals surface area contributed by atoms with E-state index in [0.29, 0.717) is 17.9 Å². The van der Waals surface area contributed by atoms with E-state index in [1.807, 2.05) is 0 Å². The van der Waals surface area contributed by atoms with Crippen molar-refractivity contribution in [3.05, 3.63) is 0 Å². The minimum Gasteiger partial charge on any atom is -0.341 e. The molecule has 0 aliphatic heterocycles. The van der Waals surface area contributed by atoms with E-state index in [2.05, 4.69) is 24.5 Å². The molecule has 12 heavy (non-hydrogen) atoms. The van der Waals surface area contributed by atoms with Crippen LogP contribution >= 0.6 is 0 Å². The van der Waals surface area contributed by atoms with Gasteiger partial charge in [-0.3, -0.25) is 0 Å². The molecular weight excluding hydrogens is 152 g/mol. The highest BCUT2D eigenvalue weighted by Gasteiger charge is 2.30. The summed E-state index contributed by atoms with van der Waals surface area (Å²) in [6.45, 7) is 4.40. The van der Waals surface area contributed by atoms with E-state index in [1.165, 1.54) is 12.8 Å². The van der Waals surface area contributed by atoms with Gasteiger partial charge in [-0.2, -0.15) is 0 Å². The molecule has 70 valence electrons. The molecule has 1 fully saturated rings. The van der Waals surface area contributed by atoms with Crippen LogP contribution in [-0.2, 0) is 0 Å². The number of carbonyl (C=O) groups excluding carboxylic acids is 1. The Morgan fingerprint density at radius 3 is 2.17 bits per heavy atom. The lowest BCUT2D eigenvalue weighted by molar-refractivity contribution is 0.232. The van der Waals surface area contributed by atoms with E-state index in [-0.39, 0.29) is 6.03 Å². The van der Waals surface area contributed by atoms with Crippen molar-refractivity contribution in [3.8, 4) is 0 Å². The molecule has 1 rings (SSSR count). The lowest BCUT2D eigenvalue weighted by Crippen LogP contribution is -2.44. The molecule has 0 aromatic rings. The van der Waals surface area contributed by atoms with Crippen molar-refractivity contribution in [1.82, 2.24) is 10.6 Å². The third-order valence-electron chi connectivity index (χ3n) is 2.83. The number of urea groups is 1. The van der Waals surface area contributed by atoms with Crippen LogP contribution in [0.15, 0.2) is 0 Å². The lowest BCUT2D eigenvalue weighted by Gasteiger charge is -2.21. The second-order valence-electron chi connectivity index (χ2n) is 3.78. The highest BCUT2D eigenvalue weighted by molar-refractivity contribution is 5.73. The zero-order valence-corrected chi connectivity index (χ0v) is 8.05. The summed E-state index contributed by atoms with van der Waals surface area (Å²) in [6, 6.07) is 0.311. The molecule has 3 nitrogen and oxygen atoms in total. The molecule has 0 bridgehead atoms. The number of hydrogen-bond acceptors (Lipinski definition) is 1. The van der Waals surface area contributed by atoms with Crippen molar-refractivity contribution in [2.24, 2.45) is 11.8 Å². The van der Waals surface area contributed by atoms with Gasteiger partial charge in [0.25, 0.3) is 0 Å². The molecule has 2 amide bonds. The smallest absolute Gasteiger partial charge is 0.314 e. The Morgan fingerprint density at radius 1 is 1.25 bits per heavy atom. The third-order valence-corrected chi connectivity index (χ3v) is 2.83. The summed E-state index contributed by atoms with van der Waals surface area (Å²) in [4.78, 5) is 11.0. The van der Waals surface area contributed by atoms with Crippen LogP contribution in [0.5, 0.6) is 0 Å². The minimum absolute atomic E-state index is 0.0550. The van der Waals surface area contributed by atoms with Crippen LogP contribution in [0, 0.1) is 11.8 Å². The minimum atomic E-state index is -0.0550. The highest BCUT2D eigenvalue weighted by Crippen LogP contribution is 2.30. The van der Waals surface area contributed by atoms with Crippen molar-refractivity contribution in [3.63, 3.8) is 0 Å². The van der Waals surface area contributed by atoms with Gasteiger partial charge < -0.3 is 10.6 Å². The molecule has 2 N–H and O–H groups in total. The first-order valence-corrected chi connectivity index (χ1v) is 4.63. The second-order valence-corrected chi connectivity index (χ2v) is 3.78. The van der Waals surface area contributed by atoms with Gasteiger partial charge in [0.2, 0.25) is 0 Å². The van der Waals surface area contributed by atoms with Crippen LogP contribution < -0.4 is 10.6 Å². The van der Waals surface area contributed by atoms with Crippen LogP contribution in [0.1, 0.15) is 26.7 Å². The van der Waals surface area contributed by atoms with Crippen molar-refractivity contribution < 1.29 is 4.79 Å². The van der Waals surface area contributed by atoms with Gasteiger partial charge in [-0.05, 0) is 24.7 Å². The Labute approximate surface area is 73.9 Å². The van der Waals surface area contributed by atoms with Crippen molar-refractivity contribution in [2.45, 2.75) is 32.7 Å². The van der Waals surface area contributed by atoms with Gasteiger partial charge in [-0.25, -0.2) is 4.79 Å². The van der Waals surface area contributed by atoms with E-state index in [1.54, 1.807) is 7.05 Å². The number of carbonyl (C=O) groups is 1. The van der Waals surface area contributed by atoms with E-state index in [9.17, 15) is 4.79 Å². The third kappa shape index (κ3) is 1.90. The standard InChI is InChI=1S/C9H18N2O/c1-6-4-5-7(2)8(6)11-9(12)10-3/h6-8H,4-5H2,1-3H3,(H2,10,11,12). The molecule has 0 aromatic heterocycles. The number of rotatable bonds is 1. The summed E-state index contributed by atoms with van der Waals surface area (Å²) < 4.78 is 0. The molecule has 0 spiro atoms. The summed E-state index contributed by atoms with van der Waals surface area (Å²) in [6.07, 6.45) is 2.46. The summed E-state index contributed by atoms with van der Waals surface area (Å²) in [5.74, 6) is 1.24. The summed E-state index contributed by atoms with van der Waals surface area (Å²) >= 11 is 0. The highest BCUT2D eigenvalue weighted by atomic mass is 16.2. The van der Waals surface area contributed by atoms with Crippen LogP contribution in [0.2, 0.25) is 0 Å². The maximum Gasteiger partial charge on any atom is 0.314 e. The van der Waals surface area contributed by atoms with E-state index < -0.39 is 0 Å². The Morgan fingerprint density at radius 2 is 1.75 bits per heavy atom. The lowest BCUT2D eigenvalue weighted by atomic mass is 10.0. The molecule has 0 radical (unpaired) electrons. The van der Waals surface area contributed by atoms with Crippen LogP contribution in [0.3, 0.4) is 0 Å². The fourth-order valence-corrected chi connectivity index (χ4v) is 1.95. The quantitative estimate of drug-likeness (QED) is 0.612. The Hall–Kier alpha value is -0.730. The van der Waals surface area contributed by atoms with Gasteiger partial charge >= 0.3 is 6.03 Å². The molecule has 0 aromatic carbocycles. The molecule has 0 saturated heterocycles. The Kier molecular flexibility index (Phi) is 2.95. The SMILES string of the molecule is CNC(=O)NC1C(C)CCC1C. The average molecular weight is 170 g/mol. The Bertz CT molecular complexity index is 160. The van der Waals surface area contributed by atoms with Crippen LogP contribution in [-0.4, -0.2) is 19.1 Å². The summed E-state index contributed by atoms with van der Waals surface area (Å²) in [5, 5.41) is 5.56. The van der Waals surface area contributed by atoms with Crippen molar-refractivity contribution in [1.29, 1.82) is 0 Å². The largest absolute Gasteiger partial charge is 0.341 e. The first-order chi connectivity index (χ1) is 5.65. The normalized spacial score (nSPS) is 34.8. The second kappa shape index (κ2) is 3.78. The maximum absolute atomic E-state index is 11.0. The zero-order valence-electron chi connectivity index (χ0n) is 8.05. The van der Waals surface area contributed by atoms with Gasteiger partial charge in [0, 0.05) is 13.1 Å². The molecule has 2 atom stereocenters. The van der Waals surface area contributed by atoms with Crippen molar-refractivity contribution >= 4 is 6.03 Å². The fourth-order valence-electron chi connectivity index (χ4n) is 1.95. The summed E-state index contributed by atoms with van der Waals surface area (Å²) in [5.41, 5.74) is 0. The van der Waals surface area contributed by atoms with Gasteiger partial charge in [-0.1, -0.05) is 13.8 Å². The monoisotopic (exact) mass is 170 g/mol. The molecular formula is C9H18N2O. The van der Waals surface area contributed by atoms with Gasteiger partial charge in [-0.15, -0.1) is 0 Å². The maximum atomic E-state index is 11.0. The first-order valence-electron chi connectivity index (χ1n) is 4.63. The van der Waals surface area contributed by atoms with Crippen molar-refractivity contribution in [2.75, 3.05) is 7.05 Å². The predicted molar refractivity (Wildman–Crippen MR) is 48.9 cm³/mol. The van der Waals surface area contributed by atoms with Crippen LogP contribution in [0.25, 0.3) is 0 Å². The summed E-state index contributed by atoms with van der Waals surface area (Å²) in [7, 11) is 1.65.